The fourth-order valence-corrected chi connectivity index (χ4v) is 6.93. The molecule has 3 atom stereocenters. The van der Waals surface area contributed by atoms with Crippen molar-refractivity contribution < 1.29 is 9.59 Å². The Balaban J connectivity index is 1.49. The fourth-order valence-electron chi connectivity index (χ4n) is 6.93. The van der Waals surface area contributed by atoms with Crippen molar-refractivity contribution in [3.05, 3.63) is 0 Å². The molecule has 2 bridgehead atoms. The predicted octanol–water partition coefficient (Wildman–Crippen LogP) is 4.26. The molecule has 2 N–H and O–H groups in total. The molecule has 5 heteroatoms. The van der Waals surface area contributed by atoms with Gasteiger partial charge in [-0.15, -0.1) is 0 Å². The average molecular weight is 420 g/mol. The molecule has 0 aromatic heterocycles. The van der Waals surface area contributed by atoms with Gasteiger partial charge in [-0.2, -0.15) is 0 Å². The summed E-state index contributed by atoms with van der Waals surface area (Å²) in [5, 5.41) is 6.47. The second-order valence-corrected chi connectivity index (χ2v) is 13.1. The average Bonchev–Trinajstić information content (AvgIpc) is 2.72. The van der Waals surface area contributed by atoms with Crippen molar-refractivity contribution in [3.63, 3.8) is 0 Å². The Labute approximate surface area is 184 Å². The van der Waals surface area contributed by atoms with E-state index in [2.05, 4.69) is 43.2 Å². The van der Waals surface area contributed by atoms with Crippen molar-refractivity contribution in [2.45, 2.75) is 123 Å². The van der Waals surface area contributed by atoms with E-state index in [9.17, 15) is 9.59 Å². The SMILES string of the molecule is CC1(C)CC(NC(=O)C[C@@H]2C[C@H]3CC[C@@H](C2)N3CC(=O)NC(C)(C)C)CC(C)(C)C1. The van der Waals surface area contributed by atoms with E-state index in [4.69, 9.17) is 0 Å². The Bertz CT molecular complexity index is 619. The van der Waals surface area contributed by atoms with E-state index in [0.717, 1.165) is 38.5 Å². The maximum Gasteiger partial charge on any atom is 0.234 e. The van der Waals surface area contributed by atoms with Gasteiger partial charge in [-0.25, -0.2) is 0 Å². The van der Waals surface area contributed by atoms with Crippen LogP contribution in [0.15, 0.2) is 0 Å². The van der Waals surface area contributed by atoms with Crippen LogP contribution in [0.3, 0.4) is 0 Å². The largest absolute Gasteiger partial charge is 0.353 e. The van der Waals surface area contributed by atoms with Gasteiger partial charge in [0.05, 0.1) is 6.54 Å². The van der Waals surface area contributed by atoms with Crippen LogP contribution in [0.5, 0.6) is 0 Å². The number of amides is 2. The molecule has 0 aromatic rings. The molecule has 30 heavy (non-hydrogen) atoms. The standard InChI is InChI=1S/C25H45N3O2/c1-23(2,3)27-22(30)15-28-19-8-9-20(28)11-17(10-19)12-21(29)26-18-13-24(4,5)16-25(6,7)14-18/h17-20H,8-16H2,1-7H3,(H,26,29)(H,27,30)/t17-,19-,20+. The Kier molecular flexibility index (Phi) is 6.63. The molecule has 0 spiro atoms. The molecule has 5 nitrogen and oxygen atoms in total. The van der Waals surface area contributed by atoms with Crippen LogP contribution in [0.4, 0.5) is 0 Å². The Morgan fingerprint density at radius 1 is 0.933 bits per heavy atom. The number of nitrogens with zero attached hydrogens (tertiary/aromatic N) is 1. The fraction of sp³-hybridized carbons (Fsp3) is 0.920. The second-order valence-electron chi connectivity index (χ2n) is 13.1. The van der Waals surface area contributed by atoms with Gasteiger partial charge >= 0.3 is 0 Å². The molecule has 0 unspecified atom stereocenters. The zero-order valence-corrected chi connectivity index (χ0v) is 20.4. The number of carbonyl (C=O) groups is 2. The summed E-state index contributed by atoms with van der Waals surface area (Å²) in [6, 6.07) is 1.22. The molecule has 3 rings (SSSR count). The summed E-state index contributed by atoms with van der Waals surface area (Å²) in [6.07, 6.45) is 8.45. The molecule has 3 fully saturated rings. The third kappa shape index (κ3) is 6.45. The van der Waals surface area contributed by atoms with Crippen molar-refractivity contribution in [2.24, 2.45) is 16.7 Å². The van der Waals surface area contributed by atoms with Gasteiger partial charge in [-0.1, -0.05) is 27.7 Å². The molecular weight excluding hydrogens is 374 g/mol. The van der Waals surface area contributed by atoms with Crippen LogP contribution in [0.25, 0.3) is 0 Å². The minimum atomic E-state index is -0.186. The molecule has 1 aliphatic carbocycles. The molecule has 2 aliphatic heterocycles. The summed E-state index contributed by atoms with van der Waals surface area (Å²) >= 11 is 0. The van der Waals surface area contributed by atoms with Crippen molar-refractivity contribution in [3.8, 4) is 0 Å². The number of carbonyl (C=O) groups excluding carboxylic acids is 2. The van der Waals surface area contributed by atoms with Crippen LogP contribution >= 0.6 is 0 Å². The van der Waals surface area contributed by atoms with Crippen molar-refractivity contribution in [2.75, 3.05) is 6.54 Å². The second kappa shape index (κ2) is 8.44. The Morgan fingerprint density at radius 2 is 1.47 bits per heavy atom. The van der Waals surface area contributed by atoms with Crippen LogP contribution in [-0.2, 0) is 9.59 Å². The lowest BCUT2D eigenvalue weighted by molar-refractivity contribution is -0.127. The van der Waals surface area contributed by atoms with Gasteiger partial charge in [0, 0.05) is 30.1 Å². The van der Waals surface area contributed by atoms with E-state index in [-0.39, 0.29) is 28.2 Å². The maximum atomic E-state index is 12.9. The summed E-state index contributed by atoms with van der Waals surface area (Å²) in [5.41, 5.74) is 0.393. The first-order chi connectivity index (χ1) is 13.7. The lowest BCUT2D eigenvalue weighted by Gasteiger charge is -2.45. The van der Waals surface area contributed by atoms with Gasteiger partial charge in [-0.3, -0.25) is 14.5 Å². The first-order valence-corrected chi connectivity index (χ1v) is 12.1. The Hall–Kier alpha value is -1.10. The summed E-state index contributed by atoms with van der Waals surface area (Å²) in [6.45, 7) is 15.9. The third-order valence-corrected chi connectivity index (χ3v) is 7.22. The van der Waals surface area contributed by atoms with E-state index in [1.54, 1.807) is 0 Å². The minimum Gasteiger partial charge on any atom is -0.353 e. The van der Waals surface area contributed by atoms with Crippen LogP contribution in [0.1, 0.15) is 99.8 Å². The number of hydrogen-bond acceptors (Lipinski definition) is 3. The molecule has 2 amide bonds. The summed E-state index contributed by atoms with van der Waals surface area (Å²) < 4.78 is 0. The highest BCUT2D eigenvalue weighted by atomic mass is 16.2. The van der Waals surface area contributed by atoms with E-state index in [1.165, 1.54) is 6.42 Å². The summed E-state index contributed by atoms with van der Waals surface area (Å²) in [7, 11) is 0. The summed E-state index contributed by atoms with van der Waals surface area (Å²) in [4.78, 5) is 27.7. The van der Waals surface area contributed by atoms with Crippen LogP contribution in [0, 0.1) is 16.7 Å². The molecule has 2 heterocycles. The van der Waals surface area contributed by atoms with Crippen molar-refractivity contribution >= 4 is 11.8 Å². The molecule has 172 valence electrons. The van der Waals surface area contributed by atoms with E-state index in [1.807, 2.05) is 20.8 Å². The molecule has 1 saturated carbocycles. The zero-order chi connectivity index (χ0) is 22.3. The monoisotopic (exact) mass is 419 g/mol. The van der Waals surface area contributed by atoms with Crippen LogP contribution in [-0.4, -0.2) is 46.9 Å². The quantitative estimate of drug-likeness (QED) is 0.700. The zero-order valence-electron chi connectivity index (χ0n) is 20.4. The van der Waals surface area contributed by atoms with Crippen molar-refractivity contribution in [1.29, 1.82) is 0 Å². The number of nitrogens with one attached hydrogen (secondary N) is 2. The molecular formula is C25H45N3O2. The minimum absolute atomic E-state index is 0.123. The van der Waals surface area contributed by atoms with E-state index < -0.39 is 0 Å². The highest BCUT2D eigenvalue weighted by Gasteiger charge is 2.43. The maximum absolute atomic E-state index is 12.9. The number of hydrogen-bond donors (Lipinski definition) is 2. The molecule has 0 aromatic carbocycles. The first kappa shape index (κ1) is 23.6. The van der Waals surface area contributed by atoms with Gasteiger partial charge in [0.2, 0.25) is 11.8 Å². The topological polar surface area (TPSA) is 61.4 Å². The molecule has 3 aliphatic rings. The highest BCUT2D eigenvalue weighted by molar-refractivity contribution is 5.79. The number of rotatable bonds is 5. The molecule has 2 saturated heterocycles. The summed E-state index contributed by atoms with van der Waals surface area (Å²) in [5.74, 6) is 0.809. The smallest absolute Gasteiger partial charge is 0.234 e. The van der Waals surface area contributed by atoms with Gasteiger partial charge in [0.15, 0.2) is 0 Å². The van der Waals surface area contributed by atoms with Gasteiger partial charge in [-0.05, 0) is 82.5 Å². The molecule has 0 radical (unpaired) electrons. The van der Waals surface area contributed by atoms with Crippen LogP contribution in [0.2, 0.25) is 0 Å². The lowest BCUT2D eigenvalue weighted by atomic mass is 9.63. The van der Waals surface area contributed by atoms with Gasteiger partial charge < -0.3 is 10.6 Å². The highest BCUT2D eigenvalue weighted by Crippen LogP contribution is 2.46. The van der Waals surface area contributed by atoms with Crippen LogP contribution < -0.4 is 10.6 Å². The number of fused-ring (bicyclic) bond motifs is 2. The van der Waals surface area contributed by atoms with E-state index >= 15 is 0 Å². The first-order valence-electron chi connectivity index (χ1n) is 12.1. The third-order valence-electron chi connectivity index (χ3n) is 7.22. The van der Waals surface area contributed by atoms with Gasteiger partial charge in [0.1, 0.15) is 0 Å². The Morgan fingerprint density at radius 3 is 1.97 bits per heavy atom. The van der Waals surface area contributed by atoms with E-state index in [0.29, 0.717) is 37.0 Å². The number of piperidine rings is 1. The lowest BCUT2D eigenvalue weighted by Crippen LogP contribution is -2.51. The van der Waals surface area contributed by atoms with Gasteiger partial charge in [0.25, 0.3) is 0 Å². The predicted molar refractivity (Wildman–Crippen MR) is 122 cm³/mol. The van der Waals surface area contributed by atoms with Crippen molar-refractivity contribution in [1.82, 2.24) is 15.5 Å². The normalized spacial score (nSPS) is 31.4.